The van der Waals surface area contributed by atoms with E-state index in [-0.39, 0.29) is 19.1 Å². The van der Waals surface area contributed by atoms with Gasteiger partial charge in [-0.3, -0.25) is 9.36 Å². The number of carbonyl (C=O) groups is 1. The summed E-state index contributed by atoms with van der Waals surface area (Å²) < 4.78 is 23.5. The first-order chi connectivity index (χ1) is 33.0. The zero-order valence-corrected chi connectivity index (χ0v) is 47.5. The van der Waals surface area contributed by atoms with Gasteiger partial charge in [0.05, 0.1) is 39.9 Å². The molecule has 0 radical (unpaired) electrons. The van der Waals surface area contributed by atoms with E-state index in [0.29, 0.717) is 23.9 Å². The van der Waals surface area contributed by atoms with Gasteiger partial charge >= 0.3 is 0 Å². The number of quaternary nitrogens is 1. The van der Waals surface area contributed by atoms with E-state index < -0.39 is 20.0 Å². The summed E-state index contributed by atoms with van der Waals surface area (Å²) in [5.41, 5.74) is 0. The zero-order valence-electron chi connectivity index (χ0n) is 46.6. The maximum absolute atomic E-state index is 13.0. The number of aliphatic hydroxyl groups is 1. The van der Waals surface area contributed by atoms with E-state index in [0.717, 1.165) is 38.5 Å². The Kier molecular flexibility index (Phi) is 51.0. The van der Waals surface area contributed by atoms with Crippen molar-refractivity contribution in [2.45, 2.75) is 334 Å². The van der Waals surface area contributed by atoms with Crippen molar-refractivity contribution in [3.63, 3.8) is 0 Å². The van der Waals surface area contributed by atoms with Crippen LogP contribution in [-0.2, 0) is 18.4 Å². The quantitative estimate of drug-likeness (QED) is 0.0357. The Morgan fingerprint density at radius 1 is 0.456 bits per heavy atom. The van der Waals surface area contributed by atoms with Crippen LogP contribution in [0.1, 0.15) is 322 Å². The molecule has 1 amide bonds. The van der Waals surface area contributed by atoms with Crippen LogP contribution in [0.4, 0.5) is 0 Å². The number of amides is 1. The second-order valence-electron chi connectivity index (χ2n) is 22.4. The molecule has 0 heterocycles. The summed E-state index contributed by atoms with van der Waals surface area (Å²) in [6, 6.07) is -0.795. The normalized spacial score (nSPS) is 13.8. The van der Waals surface area contributed by atoms with Crippen molar-refractivity contribution in [1.82, 2.24) is 5.32 Å². The molecule has 9 heteroatoms. The Hall–Kier alpha value is -0.500. The predicted molar refractivity (Wildman–Crippen MR) is 293 cm³/mol. The van der Waals surface area contributed by atoms with E-state index in [9.17, 15) is 19.4 Å². The maximum Gasteiger partial charge on any atom is 0.268 e. The number of nitrogens with one attached hydrogen (secondary N) is 1. The van der Waals surface area contributed by atoms with Gasteiger partial charge in [0, 0.05) is 6.42 Å². The van der Waals surface area contributed by atoms with Gasteiger partial charge in [0.2, 0.25) is 5.91 Å². The number of likely N-dealkylation sites (N-methyl/N-ethyl adjacent to an activating group) is 1. The average molecular weight is 986 g/mol. The fourth-order valence-electron chi connectivity index (χ4n) is 9.57. The highest BCUT2D eigenvalue weighted by Crippen LogP contribution is 2.38. The number of unbranched alkanes of at least 4 members (excludes halogenated alkanes) is 44. The number of rotatable bonds is 57. The first-order valence-electron chi connectivity index (χ1n) is 30.4. The highest BCUT2D eigenvalue weighted by atomic mass is 31.2. The first kappa shape index (κ1) is 67.5. The lowest BCUT2D eigenvalue weighted by molar-refractivity contribution is -0.870. The molecule has 0 aliphatic heterocycles. The third-order valence-corrected chi connectivity index (χ3v) is 15.3. The van der Waals surface area contributed by atoms with Gasteiger partial charge in [-0.05, 0) is 12.8 Å². The number of hydrogen-bond donors (Lipinski definition) is 2. The number of carbonyl (C=O) groups excluding carboxylic acids is 1. The summed E-state index contributed by atoms with van der Waals surface area (Å²) in [6.07, 6.45) is 61.4. The van der Waals surface area contributed by atoms with Crippen LogP contribution in [-0.4, -0.2) is 68.5 Å². The third kappa shape index (κ3) is 53.3. The minimum absolute atomic E-state index is 0.0168. The molecule has 0 aromatic rings. The minimum atomic E-state index is -4.57. The molecular formula is C59H121N2O6P. The number of phosphoric acid groups is 1. The summed E-state index contributed by atoms with van der Waals surface area (Å²) >= 11 is 0. The standard InChI is InChI=1S/C59H121N2O6P/c1-6-8-10-12-14-16-18-20-22-24-26-28-30-31-32-34-36-38-40-42-44-46-48-50-52-58(62)57(56-67-68(64,65)66-55-54-61(3,4)5)60-59(63)53-51-49-47-45-43-41-39-37-35-33-29-27-25-23-21-19-17-15-13-11-9-7-2/h57-58,62H,6-56H2,1-5H3,(H-,60,63,64,65). The van der Waals surface area contributed by atoms with Gasteiger partial charge in [-0.1, -0.05) is 303 Å². The summed E-state index contributed by atoms with van der Waals surface area (Å²) in [4.78, 5) is 25.6. The van der Waals surface area contributed by atoms with Gasteiger partial charge in [-0.2, -0.15) is 0 Å². The van der Waals surface area contributed by atoms with Gasteiger partial charge in [0.15, 0.2) is 0 Å². The van der Waals surface area contributed by atoms with Crippen molar-refractivity contribution in [2.75, 3.05) is 40.9 Å². The van der Waals surface area contributed by atoms with Crippen LogP contribution in [0.2, 0.25) is 0 Å². The lowest BCUT2D eigenvalue weighted by Gasteiger charge is -2.30. The molecule has 0 spiro atoms. The van der Waals surface area contributed by atoms with Crippen molar-refractivity contribution in [2.24, 2.45) is 0 Å². The van der Waals surface area contributed by atoms with Gasteiger partial charge in [0.1, 0.15) is 13.2 Å². The van der Waals surface area contributed by atoms with E-state index in [4.69, 9.17) is 9.05 Å². The van der Waals surface area contributed by atoms with Crippen LogP contribution in [0.25, 0.3) is 0 Å². The second-order valence-corrected chi connectivity index (χ2v) is 23.8. The molecule has 0 saturated carbocycles. The highest BCUT2D eigenvalue weighted by molar-refractivity contribution is 7.45. The van der Waals surface area contributed by atoms with Crippen LogP contribution >= 0.6 is 7.82 Å². The molecule has 0 saturated heterocycles. The number of aliphatic hydroxyl groups excluding tert-OH is 1. The van der Waals surface area contributed by atoms with E-state index in [1.54, 1.807) is 0 Å². The lowest BCUT2D eigenvalue weighted by Crippen LogP contribution is -2.46. The molecule has 0 fully saturated rings. The van der Waals surface area contributed by atoms with Crippen LogP contribution in [0.5, 0.6) is 0 Å². The lowest BCUT2D eigenvalue weighted by atomic mass is 10.0. The maximum atomic E-state index is 13.0. The Morgan fingerprint density at radius 2 is 0.721 bits per heavy atom. The van der Waals surface area contributed by atoms with Crippen molar-refractivity contribution < 1.29 is 32.9 Å². The molecule has 0 aromatic carbocycles. The fraction of sp³-hybridized carbons (Fsp3) is 0.983. The molecule has 0 aliphatic rings. The average Bonchev–Trinajstić information content (AvgIpc) is 3.30. The third-order valence-electron chi connectivity index (χ3n) is 14.3. The van der Waals surface area contributed by atoms with E-state index >= 15 is 0 Å². The topological polar surface area (TPSA) is 108 Å². The van der Waals surface area contributed by atoms with Gasteiger partial charge in [-0.25, -0.2) is 0 Å². The van der Waals surface area contributed by atoms with Crippen molar-refractivity contribution >= 4 is 13.7 Å². The molecule has 408 valence electrons. The molecule has 3 unspecified atom stereocenters. The first-order valence-corrected chi connectivity index (χ1v) is 31.8. The zero-order chi connectivity index (χ0) is 49.9. The van der Waals surface area contributed by atoms with Crippen LogP contribution < -0.4 is 10.2 Å². The van der Waals surface area contributed by atoms with Crippen LogP contribution in [0.3, 0.4) is 0 Å². The molecule has 3 atom stereocenters. The summed E-state index contributed by atoms with van der Waals surface area (Å²) in [7, 11) is 1.33. The fourth-order valence-corrected chi connectivity index (χ4v) is 10.3. The summed E-state index contributed by atoms with van der Waals surface area (Å²) in [5, 5.41) is 14.1. The monoisotopic (exact) mass is 985 g/mol. The van der Waals surface area contributed by atoms with Crippen molar-refractivity contribution in [3.05, 3.63) is 0 Å². The molecular weight excluding hydrogens is 864 g/mol. The number of nitrogens with zero attached hydrogens (tertiary/aromatic N) is 1. The van der Waals surface area contributed by atoms with Gasteiger partial charge < -0.3 is 28.8 Å². The van der Waals surface area contributed by atoms with E-state index in [2.05, 4.69) is 19.2 Å². The Bertz CT molecular complexity index is 1070. The molecule has 0 rings (SSSR count). The Labute approximate surface area is 425 Å². The molecule has 0 bridgehead atoms. The van der Waals surface area contributed by atoms with Crippen LogP contribution in [0, 0.1) is 0 Å². The largest absolute Gasteiger partial charge is 0.756 e. The molecule has 68 heavy (non-hydrogen) atoms. The summed E-state index contributed by atoms with van der Waals surface area (Å²) in [5.74, 6) is -0.155. The molecule has 0 aromatic heterocycles. The summed E-state index contributed by atoms with van der Waals surface area (Å²) in [6.45, 7) is 4.79. The number of phosphoric ester groups is 1. The van der Waals surface area contributed by atoms with Crippen molar-refractivity contribution in [3.8, 4) is 0 Å². The predicted octanol–water partition coefficient (Wildman–Crippen LogP) is 17.8. The Morgan fingerprint density at radius 3 is 1.00 bits per heavy atom. The smallest absolute Gasteiger partial charge is 0.268 e. The minimum Gasteiger partial charge on any atom is -0.756 e. The number of hydrogen-bond acceptors (Lipinski definition) is 6. The van der Waals surface area contributed by atoms with E-state index in [1.807, 2.05) is 21.1 Å². The molecule has 8 nitrogen and oxygen atoms in total. The molecule has 0 aliphatic carbocycles. The van der Waals surface area contributed by atoms with Crippen LogP contribution in [0.15, 0.2) is 0 Å². The highest BCUT2D eigenvalue weighted by Gasteiger charge is 2.24. The Balaban J connectivity index is 4.09. The van der Waals surface area contributed by atoms with Gasteiger partial charge in [0.25, 0.3) is 7.82 Å². The molecule has 2 N–H and O–H groups in total. The SMILES string of the molecule is CCCCCCCCCCCCCCCCCCCCCCCCCCC(O)C(COP(=O)([O-])OCC[N+](C)(C)C)NC(=O)CCCCCCCCCCCCCCCCCCCCCCCC. The van der Waals surface area contributed by atoms with Crippen molar-refractivity contribution in [1.29, 1.82) is 0 Å². The second kappa shape index (κ2) is 51.4. The van der Waals surface area contributed by atoms with Gasteiger partial charge in [-0.15, -0.1) is 0 Å². The van der Waals surface area contributed by atoms with E-state index in [1.165, 1.54) is 257 Å².